The zero-order valence-electron chi connectivity index (χ0n) is 14.2. The third-order valence-corrected chi connectivity index (χ3v) is 6.11. The monoisotopic (exact) mass is 335 g/mol. The first-order valence-corrected chi connectivity index (χ1v) is 10.6. The number of β-amino-alcohol motifs (C(OH)–C–C–N with tert-alkyl or cyclic N) is 1. The molecule has 1 heterocycles. The third-order valence-electron chi connectivity index (χ3n) is 4.09. The van der Waals surface area contributed by atoms with E-state index in [1.807, 2.05) is 0 Å². The summed E-state index contributed by atoms with van der Waals surface area (Å²) in [6.45, 7) is 5.26. The first-order chi connectivity index (χ1) is 10.7. The second-order valence-corrected chi connectivity index (χ2v) is 8.23. The molecule has 1 aliphatic heterocycles. The van der Waals surface area contributed by atoms with Gasteiger partial charge in [-0.15, -0.1) is 0 Å². The maximum absolute atomic E-state index is 12.5. The van der Waals surface area contributed by atoms with Crippen molar-refractivity contribution in [3.8, 4) is 0 Å². The maximum Gasteiger partial charge on any atom is 0.330 e. The Morgan fingerprint density at radius 3 is 2.05 bits per heavy atom. The van der Waals surface area contributed by atoms with Crippen LogP contribution in [0.1, 0.15) is 58.3 Å². The molecular weight excluding hydrogens is 301 g/mol. The van der Waals surface area contributed by atoms with Crippen molar-refractivity contribution >= 4 is 7.60 Å². The van der Waals surface area contributed by atoms with Crippen LogP contribution in [-0.4, -0.2) is 55.6 Å². The Hall–Kier alpha value is 0.0700. The highest BCUT2D eigenvalue weighted by Gasteiger charge is 2.26. The van der Waals surface area contributed by atoms with Gasteiger partial charge in [0.05, 0.1) is 26.0 Å². The molecule has 1 saturated heterocycles. The van der Waals surface area contributed by atoms with Crippen LogP contribution in [-0.2, 0) is 13.6 Å². The molecule has 1 N–H and O–H groups in total. The molecule has 0 spiro atoms. The second-order valence-electron chi connectivity index (χ2n) is 6.04. The van der Waals surface area contributed by atoms with E-state index in [1.165, 1.54) is 38.5 Å². The van der Waals surface area contributed by atoms with Crippen molar-refractivity contribution in [2.75, 3.05) is 45.6 Å². The number of aliphatic hydroxyl groups excluding tert-OH is 1. The average molecular weight is 335 g/mol. The summed E-state index contributed by atoms with van der Waals surface area (Å²) in [6, 6.07) is 0. The van der Waals surface area contributed by atoms with Crippen molar-refractivity contribution in [3.05, 3.63) is 0 Å². The van der Waals surface area contributed by atoms with E-state index in [-0.39, 0.29) is 6.61 Å². The molecule has 1 fully saturated rings. The number of nitrogens with zero attached hydrogens (tertiary/aromatic N) is 1. The fraction of sp³-hybridized carbons (Fsp3) is 1.00. The van der Waals surface area contributed by atoms with Crippen LogP contribution in [0, 0.1) is 0 Å². The van der Waals surface area contributed by atoms with Crippen LogP contribution in [0.15, 0.2) is 0 Å². The van der Waals surface area contributed by atoms with Crippen LogP contribution in [0.4, 0.5) is 0 Å². The predicted molar refractivity (Wildman–Crippen MR) is 90.5 cm³/mol. The highest BCUT2D eigenvalue weighted by atomic mass is 31.2. The second kappa shape index (κ2) is 12.5. The lowest BCUT2D eigenvalue weighted by Crippen LogP contribution is -2.35. The molecule has 0 bridgehead atoms. The highest BCUT2D eigenvalue weighted by Crippen LogP contribution is 2.49. The zero-order chi connectivity index (χ0) is 16.1. The first-order valence-electron chi connectivity index (χ1n) is 8.91. The van der Waals surface area contributed by atoms with Gasteiger partial charge in [-0.3, -0.25) is 9.46 Å². The fourth-order valence-corrected chi connectivity index (χ4v) is 4.36. The van der Waals surface area contributed by atoms with Crippen molar-refractivity contribution in [1.29, 1.82) is 0 Å². The molecule has 0 atom stereocenters. The van der Waals surface area contributed by atoms with Gasteiger partial charge >= 0.3 is 7.60 Å². The quantitative estimate of drug-likeness (QED) is 0.461. The topological polar surface area (TPSA) is 59.0 Å². The van der Waals surface area contributed by atoms with Gasteiger partial charge in [-0.05, 0) is 6.42 Å². The summed E-state index contributed by atoms with van der Waals surface area (Å²) >= 11 is 0. The van der Waals surface area contributed by atoms with Crippen molar-refractivity contribution in [1.82, 2.24) is 4.90 Å². The van der Waals surface area contributed by atoms with E-state index in [9.17, 15) is 4.57 Å². The minimum atomic E-state index is -2.89. The van der Waals surface area contributed by atoms with Crippen molar-refractivity contribution in [2.24, 2.45) is 0 Å². The lowest BCUT2D eigenvalue weighted by molar-refractivity contribution is 0.106. The minimum absolute atomic E-state index is 0.135. The van der Waals surface area contributed by atoms with Gasteiger partial charge in [-0.2, -0.15) is 0 Å². The van der Waals surface area contributed by atoms with Crippen LogP contribution < -0.4 is 0 Å². The van der Waals surface area contributed by atoms with Crippen LogP contribution >= 0.6 is 7.60 Å². The minimum Gasteiger partial charge on any atom is -0.395 e. The van der Waals surface area contributed by atoms with E-state index in [4.69, 9.17) is 14.2 Å². The molecular formula is C16H34NO4P. The molecule has 0 aliphatic carbocycles. The van der Waals surface area contributed by atoms with E-state index >= 15 is 0 Å². The van der Waals surface area contributed by atoms with Crippen molar-refractivity contribution in [3.63, 3.8) is 0 Å². The molecule has 0 saturated carbocycles. The summed E-state index contributed by atoms with van der Waals surface area (Å²) in [5.41, 5.74) is 0. The van der Waals surface area contributed by atoms with Crippen LogP contribution in [0.2, 0.25) is 0 Å². The largest absolute Gasteiger partial charge is 0.395 e. The lowest BCUT2D eigenvalue weighted by Gasteiger charge is -2.27. The Balaban J connectivity index is 2.10. The Morgan fingerprint density at radius 1 is 0.955 bits per heavy atom. The standard InChI is InChI=1S/C16H34NO4P/c1-2-3-4-5-6-7-8-9-16-22(19)20-14-11-17(10-13-18)12-15-21-22/h18H,2-16H2,1H3. The van der Waals surface area contributed by atoms with Gasteiger partial charge in [0, 0.05) is 19.6 Å². The summed E-state index contributed by atoms with van der Waals surface area (Å²) in [4.78, 5) is 2.07. The number of hydrogen-bond donors (Lipinski definition) is 1. The average Bonchev–Trinajstić information content (AvgIpc) is 2.48. The van der Waals surface area contributed by atoms with Crippen LogP contribution in [0.5, 0.6) is 0 Å². The summed E-state index contributed by atoms with van der Waals surface area (Å²) < 4.78 is 23.6. The van der Waals surface area contributed by atoms with E-state index in [2.05, 4.69) is 11.8 Å². The summed E-state index contributed by atoms with van der Waals surface area (Å²) in [5.74, 6) is 0. The van der Waals surface area contributed by atoms with E-state index in [0.29, 0.717) is 39.0 Å². The molecule has 6 heteroatoms. The van der Waals surface area contributed by atoms with Gasteiger partial charge in [0.1, 0.15) is 0 Å². The van der Waals surface area contributed by atoms with Gasteiger partial charge in [0.25, 0.3) is 0 Å². The number of rotatable bonds is 11. The molecule has 0 radical (unpaired) electrons. The predicted octanol–water partition coefficient (Wildman–Crippen LogP) is 3.66. The van der Waals surface area contributed by atoms with E-state index in [0.717, 1.165) is 12.8 Å². The zero-order valence-corrected chi connectivity index (χ0v) is 15.1. The first kappa shape index (κ1) is 20.1. The SMILES string of the molecule is CCCCCCCCCCP1(=O)OCCN(CCO)CCO1. The number of unbranched alkanes of at least 4 members (excludes halogenated alkanes) is 7. The van der Waals surface area contributed by atoms with E-state index in [1.54, 1.807) is 0 Å². The van der Waals surface area contributed by atoms with Crippen molar-refractivity contribution < 1.29 is 18.7 Å². The Kier molecular flexibility index (Phi) is 11.4. The summed E-state index contributed by atoms with van der Waals surface area (Å²) in [6.07, 6.45) is 10.4. The Bertz CT molecular complexity index is 301. The number of aliphatic hydroxyl groups is 1. The molecule has 0 aromatic rings. The number of hydrogen-bond acceptors (Lipinski definition) is 5. The van der Waals surface area contributed by atoms with Crippen LogP contribution in [0.3, 0.4) is 0 Å². The summed E-state index contributed by atoms with van der Waals surface area (Å²) in [7, 11) is -2.89. The molecule has 1 aliphatic rings. The lowest BCUT2D eigenvalue weighted by atomic mass is 10.1. The molecule has 132 valence electrons. The van der Waals surface area contributed by atoms with Crippen molar-refractivity contribution in [2.45, 2.75) is 58.3 Å². The van der Waals surface area contributed by atoms with Gasteiger partial charge in [0.15, 0.2) is 0 Å². The fourth-order valence-electron chi connectivity index (χ4n) is 2.70. The summed E-state index contributed by atoms with van der Waals surface area (Å²) in [5, 5.41) is 8.94. The normalized spacial score (nSPS) is 19.7. The molecule has 0 amide bonds. The highest BCUT2D eigenvalue weighted by molar-refractivity contribution is 7.53. The van der Waals surface area contributed by atoms with Gasteiger partial charge < -0.3 is 14.2 Å². The van der Waals surface area contributed by atoms with E-state index < -0.39 is 7.60 Å². The molecule has 0 unspecified atom stereocenters. The van der Waals surface area contributed by atoms with Gasteiger partial charge in [-0.1, -0.05) is 51.9 Å². The Labute approximate surface area is 135 Å². The molecule has 1 rings (SSSR count). The molecule has 22 heavy (non-hydrogen) atoms. The van der Waals surface area contributed by atoms with Gasteiger partial charge in [0.2, 0.25) is 0 Å². The molecule has 0 aromatic heterocycles. The third kappa shape index (κ3) is 9.26. The molecule has 5 nitrogen and oxygen atoms in total. The Morgan fingerprint density at radius 2 is 1.50 bits per heavy atom. The molecule has 0 aromatic carbocycles. The van der Waals surface area contributed by atoms with Gasteiger partial charge in [-0.25, -0.2) is 0 Å². The smallest absolute Gasteiger partial charge is 0.330 e. The maximum atomic E-state index is 12.5. The van der Waals surface area contributed by atoms with Crippen LogP contribution in [0.25, 0.3) is 0 Å².